The first kappa shape index (κ1) is 27.6. The average molecular weight is 521 g/mol. The summed E-state index contributed by atoms with van der Waals surface area (Å²) >= 11 is 0. The molecule has 4 rings (SSSR count). The number of ketones is 1. The molecule has 3 aromatic rings. The number of hydrogen-bond donors (Lipinski definition) is 3. The number of aliphatic hydroxyl groups is 2. The number of carbonyl (C=O) groups excluding carboxylic acids is 1. The zero-order valence-electron chi connectivity index (χ0n) is 22.6. The van der Waals surface area contributed by atoms with Gasteiger partial charge in [-0.15, -0.1) is 0 Å². The Hall–Kier alpha value is -3.46. The van der Waals surface area contributed by atoms with Crippen LogP contribution in [0.4, 0.5) is 0 Å². The van der Waals surface area contributed by atoms with Crippen LogP contribution in [0.2, 0.25) is 0 Å². The van der Waals surface area contributed by atoms with Gasteiger partial charge in [0.1, 0.15) is 24.5 Å². The lowest BCUT2D eigenvalue weighted by molar-refractivity contribution is 0.0396. The van der Waals surface area contributed by atoms with E-state index in [9.17, 15) is 15.0 Å². The highest BCUT2D eigenvalue weighted by molar-refractivity contribution is 5.96. The zero-order valence-corrected chi connectivity index (χ0v) is 22.6. The summed E-state index contributed by atoms with van der Waals surface area (Å²) in [6.45, 7) is 7.60. The summed E-state index contributed by atoms with van der Waals surface area (Å²) in [5, 5.41) is 21.0. The first-order chi connectivity index (χ1) is 17.9. The molecular weight excluding hydrogens is 484 g/mol. The Morgan fingerprint density at radius 3 is 2.58 bits per heavy atom. The van der Waals surface area contributed by atoms with Gasteiger partial charge in [0.05, 0.1) is 24.4 Å². The van der Waals surface area contributed by atoms with E-state index < -0.39 is 17.2 Å². The van der Waals surface area contributed by atoms with Crippen LogP contribution < -0.4 is 19.9 Å². The van der Waals surface area contributed by atoms with E-state index in [1.54, 1.807) is 38.1 Å². The van der Waals surface area contributed by atoms with Gasteiger partial charge in [-0.2, -0.15) is 0 Å². The van der Waals surface area contributed by atoms with Crippen molar-refractivity contribution in [3.63, 3.8) is 0 Å². The molecule has 0 aliphatic carbocycles. The fourth-order valence-corrected chi connectivity index (χ4v) is 4.39. The lowest BCUT2D eigenvalue weighted by atomic mass is 9.88. The quantitative estimate of drug-likeness (QED) is 0.339. The summed E-state index contributed by atoms with van der Waals surface area (Å²) in [4.78, 5) is 17.9. The number of aryl methyl sites for hydroxylation is 1. The van der Waals surface area contributed by atoms with Crippen LogP contribution in [0.3, 0.4) is 0 Å². The molecule has 2 heterocycles. The van der Waals surface area contributed by atoms with Crippen LogP contribution in [0.25, 0.3) is 11.3 Å². The standard InChI is InChI=1S/C30H36N2O6/c1-18-6-8-20(9-7-18)27-28-22(29(3,31)17-38-28)15-26(32-27)30(4,35)13-12-23(34)21-10-11-24(25(14-21)36-5)37-16-19(2)33/h6-11,14-15,19,33,35H,12-13,16-17,31H2,1-5H3/t19-,29?,30?/m1/s1. The van der Waals surface area contributed by atoms with Gasteiger partial charge in [0, 0.05) is 23.1 Å². The van der Waals surface area contributed by atoms with Gasteiger partial charge in [-0.3, -0.25) is 4.79 Å². The molecule has 1 aliphatic heterocycles. The van der Waals surface area contributed by atoms with Crippen molar-refractivity contribution in [2.24, 2.45) is 5.73 Å². The molecule has 0 radical (unpaired) electrons. The number of nitrogens with two attached hydrogens (primary N) is 1. The molecule has 0 spiro atoms. The SMILES string of the molecule is COc1cc(C(=O)CCC(C)(O)c2cc3c(c(-c4ccc(C)cc4)n2)OCC3(C)N)ccc1OC[C@@H](C)O. The number of nitrogens with zero attached hydrogens (tertiary/aromatic N) is 1. The first-order valence-electron chi connectivity index (χ1n) is 12.7. The topological polar surface area (TPSA) is 124 Å². The third-order valence-electron chi connectivity index (χ3n) is 6.79. The maximum atomic E-state index is 13.1. The van der Waals surface area contributed by atoms with E-state index >= 15 is 0 Å². The molecular formula is C30H36N2O6. The molecule has 2 aromatic carbocycles. The number of aliphatic hydroxyl groups excluding tert-OH is 1. The van der Waals surface area contributed by atoms with Crippen LogP contribution in [0.5, 0.6) is 17.2 Å². The molecule has 3 atom stereocenters. The summed E-state index contributed by atoms with van der Waals surface area (Å²) in [6, 6.07) is 14.6. The number of ether oxygens (including phenoxy) is 3. The molecule has 2 unspecified atom stereocenters. The second kappa shape index (κ2) is 10.7. The highest BCUT2D eigenvalue weighted by atomic mass is 16.5. The first-order valence-corrected chi connectivity index (χ1v) is 12.7. The van der Waals surface area contributed by atoms with Crippen LogP contribution in [-0.2, 0) is 11.1 Å². The molecule has 0 saturated heterocycles. The average Bonchev–Trinajstić information content (AvgIpc) is 3.20. The number of methoxy groups -OCH3 is 1. The number of aromatic nitrogens is 1. The Morgan fingerprint density at radius 1 is 1.21 bits per heavy atom. The molecule has 38 heavy (non-hydrogen) atoms. The van der Waals surface area contributed by atoms with Crippen LogP contribution >= 0.6 is 0 Å². The Bertz CT molecular complexity index is 1320. The molecule has 0 amide bonds. The van der Waals surface area contributed by atoms with Gasteiger partial charge >= 0.3 is 0 Å². The fraction of sp³-hybridized carbons (Fsp3) is 0.400. The number of pyridine rings is 1. The number of carbonyl (C=O) groups is 1. The molecule has 1 aliphatic rings. The number of benzene rings is 2. The molecule has 4 N–H and O–H groups in total. The van der Waals surface area contributed by atoms with Crippen molar-refractivity contribution in [1.29, 1.82) is 0 Å². The van der Waals surface area contributed by atoms with Crippen LogP contribution in [0.15, 0.2) is 48.5 Å². The number of rotatable bonds is 10. The number of hydrogen-bond acceptors (Lipinski definition) is 8. The van der Waals surface area contributed by atoms with E-state index in [4.69, 9.17) is 24.9 Å². The van der Waals surface area contributed by atoms with E-state index in [0.29, 0.717) is 40.8 Å². The van der Waals surface area contributed by atoms with E-state index in [2.05, 4.69) is 0 Å². The summed E-state index contributed by atoms with van der Waals surface area (Å²) in [6.07, 6.45) is -0.402. The smallest absolute Gasteiger partial charge is 0.163 e. The van der Waals surface area contributed by atoms with E-state index in [-0.39, 0.29) is 25.2 Å². The summed E-state index contributed by atoms with van der Waals surface area (Å²) in [5.41, 5.74) is 8.65. The van der Waals surface area contributed by atoms with E-state index in [1.165, 1.54) is 7.11 Å². The largest absolute Gasteiger partial charge is 0.493 e. The molecule has 0 bridgehead atoms. The van der Waals surface area contributed by atoms with Crippen molar-refractivity contribution in [3.8, 4) is 28.5 Å². The second-order valence-corrected chi connectivity index (χ2v) is 10.5. The highest BCUT2D eigenvalue weighted by Gasteiger charge is 2.38. The van der Waals surface area contributed by atoms with Crippen LogP contribution in [0, 0.1) is 6.92 Å². The van der Waals surface area contributed by atoms with Crippen molar-refractivity contribution in [2.45, 2.75) is 57.8 Å². The maximum absolute atomic E-state index is 13.1. The minimum atomic E-state index is -1.40. The third-order valence-corrected chi connectivity index (χ3v) is 6.79. The summed E-state index contributed by atoms with van der Waals surface area (Å²) in [5.74, 6) is 1.31. The predicted molar refractivity (Wildman–Crippen MR) is 145 cm³/mol. The minimum absolute atomic E-state index is 0.0824. The Balaban J connectivity index is 1.58. The Kier molecular flexibility index (Phi) is 7.78. The number of fused-ring (bicyclic) bond motifs is 1. The van der Waals surface area contributed by atoms with Gasteiger partial charge < -0.3 is 30.2 Å². The van der Waals surface area contributed by atoms with Crippen molar-refractivity contribution >= 4 is 5.78 Å². The molecule has 0 fully saturated rings. The molecule has 1 aromatic heterocycles. The van der Waals surface area contributed by atoms with Gasteiger partial charge in [-0.1, -0.05) is 29.8 Å². The van der Waals surface area contributed by atoms with E-state index in [1.807, 2.05) is 38.1 Å². The Labute approximate surface area is 223 Å². The minimum Gasteiger partial charge on any atom is -0.493 e. The second-order valence-electron chi connectivity index (χ2n) is 10.5. The van der Waals surface area contributed by atoms with Crippen LogP contribution in [-0.4, -0.2) is 47.4 Å². The molecule has 8 heteroatoms. The van der Waals surface area contributed by atoms with Gasteiger partial charge in [-0.25, -0.2) is 4.98 Å². The predicted octanol–water partition coefficient (Wildman–Crippen LogP) is 4.26. The van der Waals surface area contributed by atoms with Crippen molar-refractivity contribution in [3.05, 3.63) is 70.9 Å². The normalized spacial score (nSPS) is 18.7. The lowest BCUT2D eigenvalue weighted by Crippen LogP contribution is -2.35. The molecule has 0 saturated carbocycles. The number of Topliss-reactive ketones (excluding diaryl/α,β-unsaturated/α-hetero) is 1. The summed E-state index contributed by atoms with van der Waals surface area (Å²) in [7, 11) is 1.49. The fourth-order valence-electron chi connectivity index (χ4n) is 4.39. The molecule has 8 nitrogen and oxygen atoms in total. The highest BCUT2D eigenvalue weighted by Crippen LogP contribution is 2.44. The van der Waals surface area contributed by atoms with Gasteiger partial charge in [0.2, 0.25) is 0 Å². The van der Waals surface area contributed by atoms with E-state index in [0.717, 1.165) is 16.7 Å². The van der Waals surface area contributed by atoms with Crippen molar-refractivity contribution in [2.75, 3.05) is 20.3 Å². The van der Waals surface area contributed by atoms with Crippen molar-refractivity contribution in [1.82, 2.24) is 4.98 Å². The van der Waals surface area contributed by atoms with Gasteiger partial charge in [0.25, 0.3) is 0 Å². The zero-order chi connectivity index (χ0) is 27.7. The lowest BCUT2D eigenvalue weighted by Gasteiger charge is -2.25. The third kappa shape index (κ3) is 5.83. The van der Waals surface area contributed by atoms with Crippen LogP contribution in [0.1, 0.15) is 60.8 Å². The molecule has 202 valence electrons. The van der Waals surface area contributed by atoms with Crippen molar-refractivity contribution < 1.29 is 29.2 Å². The monoisotopic (exact) mass is 520 g/mol. The summed E-state index contributed by atoms with van der Waals surface area (Å²) < 4.78 is 16.9. The Morgan fingerprint density at radius 2 is 1.92 bits per heavy atom. The van der Waals surface area contributed by atoms with Gasteiger partial charge in [0.15, 0.2) is 23.0 Å². The maximum Gasteiger partial charge on any atom is 0.163 e. The van der Waals surface area contributed by atoms with Gasteiger partial charge in [-0.05, 0) is 58.4 Å².